The Kier molecular flexibility index (Phi) is 8.53. The molecule has 2 aliphatic rings. The molecule has 13 nitrogen and oxygen atoms in total. The van der Waals surface area contributed by atoms with Gasteiger partial charge in [-0.05, 0) is 32.3 Å². The summed E-state index contributed by atoms with van der Waals surface area (Å²) in [4.78, 5) is 51.4. The number of hydrogen-bond donors (Lipinski definition) is 1. The fourth-order valence-electron chi connectivity index (χ4n) is 4.20. The van der Waals surface area contributed by atoms with Crippen molar-refractivity contribution in [2.24, 2.45) is 11.1 Å². The number of nitrogens with zero attached hydrogens (tertiary/aromatic N) is 2. The number of benzene rings is 1. The van der Waals surface area contributed by atoms with E-state index in [1.165, 1.54) is 13.8 Å². The highest BCUT2D eigenvalue weighted by Gasteiger charge is 2.52. The van der Waals surface area contributed by atoms with E-state index < -0.39 is 58.4 Å². The number of carbonyl (C=O) groups is 4. The van der Waals surface area contributed by atoms with Crippen LogP contribution >= 0.6 is 0 Å². The first kappa shape index (κ1) is 27.4. The molecular formula is C22H29N3O10S. The third-order valence-electron chi connectivity index (χ3n) is 5.95. The van der Waals surface area contributed by atoms with E-state index in [1.807, 2.05) is 0 Å². The lowest BCUT2D eigenvalue weighted by Gasteiger charge is -2.29. The van der Waals surface area contributed by atoms with E-state index in [2.05, 4.69) is 0 Å². The molecule has 2 atom stereocenters. The number of rotatable bonds is 12. The molecule has 2 heterocycles. The van der Waals surface area contributed by atoms with E-state index in [9.17, 15) is 27.6 Å². The van der Waals surface area contributed by atoms with Gasteiger partial charge >= 0.3 is 28.4 Å². The maximum atomic E-state index is 13.0. The molecule has 1 aromatic carbocycles. The number of carbonyl (C=O) groups excluding carboxylic acids is 4. The molecule has 198 valence electrons. The summed E-state index contributed by atoms with van der Waals surface area (Å²) in [7, 11) is -4.95. The number of amides is 3. The molecule has 2 aliphatic heterocycles. The number of hydroxylamine groups is 2. The first-order chi connectivity index (χ1) is 17.0. The van der Waals surface area contributed by atoms with Gasteiger partial charge in [0.05, 0.1) is 25.9 Å². The molecule has 0 radical (unpaired) electrons. The van der Waals surface area contributed by atoms with Crippen molar-refractivity contribution in [2.45, 2.75) is 45.2 Å². The molecule has 1 aromatic rings. The van der Waals surface area contributed by atoms with Gasteiger partial charge in [0.25, 0.3) is 0 Å². The zero-order valence-corrected chi connectivity index (χ0v) is 20.8. The first-order valence-corrected chi connectivity index (χ1v) is 12.7. The predicted molar refractivity (Wildman–Crippen MR) is 122 cm³/mol. The molecule has 0 spiro atoms. The maximum Gasteiger partial charge on any atom is 0.421 e. The number of urea groups is 1. The van der Waals surface area contributed by atoms with Crippen molar-refractivity contribution >= 4 is 34.3 Å². The van der Waals surface area contributed by atoms with E-state index in [0.29, 0.717) is 10.6 Å². The molecule has 0 saturated carbocycles. The van der Waals surface area contributed by atoms with Crippen molar-refractivity contribution < 1.29 is 45.5 Å². The van der Waals surface area contributed by atoms with Gasteiger partial charge in [-0.2, -0.15) is 13.5 Å². The molecule has 2 bridgehead atoms. The second-order valence-corrected chi connectivity index (χ2v) is 9.54. The summed E-state index contributed by atoms with van der Waals surface area (Å²) in [5, 5.41) is 0.603. The van der Waals surface area contributed by atoms with Gasteiger partial charge in [0, 0.05) is 13.0 Å². The van der Waals surface area contributed by atoms with Gasteiger partial charge in [0.15, 0.2) is 5.41 Å². The average molecular weight is 528 g/mol. The van der Waals surface area contributed by atoms with Crippen LogP contribution in [0.25, 0.3) is 0 Å². The maximum absolute atomic E-state index is 13.0. The Hall–Kier alpha value is -3.23. The normalized spacial score (nSPS) is 19.8. The Bertz CT molecular complexity index is 1080. The van der Waals surface area contributed by atoms with Gasteiger partial charge in [-0.1, -0.05) is 30.3 Å². The van der Waals surface area contributed by atoms with Crippen LogP contribution in [0.5, 0.6) is 0 Å². The highest BCUT2D eigenvalue weighted by atomic mass is 32.3. The zero-order chi connectivity index (χ0) is 26.5. The predicted octanol–water partition coefficient (Wildman–Crippen LogP) is 0.289. The fraction of sp³-hybridized carbons (Fsp3) is 0.545. The summed E-state index contributed by atoms with van der Waals surface area (Å²) in [6.07, 6.45) is 0.244. The molecule has 0 unspecified atom stereocenters. The van der Waals surface area contributed by atoms with Crippen LogP contribution in [0.4, 0.5) is 4.79 Å². The van der Waals surface area contributed by atoms with Crippen LogP contribution in [0.2, 0.25) is 0 Å². The Morgan fingerprint density at radius 1 is 1.06 bits per heavy atom. The molecule has 3 rings (SSSR count). The standard InChI is InChI=1S/C22H29N3O10S/c1-3-32-19(27)22(20(28)33-4-2,12-15-8-6-5-7-9-15)14-34-36(30,31)35-25-16-10-11-17(18(23)26)24(13-16)21(25)29/h5-9,16-17H,3-4,10-14H2,1-2H3,(H2,23,26)/t16-,17+/m1/s1. The van der Waals surface area contributed by atoms with Crippen molar-refractivity contribution in [3.05, 3.63) is 35.9 Å². The van der Waals surface area contributed by atoms with Crippen LogP contribution in [0, 0.1) is 5.41 Å². The molecule has 2 N–H and O–H groups in total. The van der Waals surface area contributed by atoms with Crippen LogP contribution in [0.1, 0.15) is 32.3 Å². The summed E-state index contributed by atoms with van der Waals surface area (Å²) in [6, 6.07) is 5.99. The minimum Gasteiger partial charge on any atom is -0.465 e. The molecule has 3 amide bonds. The number of primary amides is 1. The fourth-order valence-corrected chi connectivity index (χ4v) is 4.97. The smallest absolute Gasteiger partial charge is 0.421 e. The number of nitrogens with two attached hydrogens (primary N) is 1. The number of piperidine rings is 1. The lowest BCUT2D eigenvalue weighted by molar-refractivity contribution is -0.174. The van der Waals surface area contributed by atoms with Crippen LogP contribution in [-0.4, -0.2) is 80.7 Å². The van der Waals surface area contributed by atoms with Crippen molar-refractivity contribution in [1.29, 1.82) is 0 Å². The molecular weight excluding hydrogens is 498 g/mol. The number of fused-ring (bicyclic) bond motifs is 2. The van der Waals surface area contributed by atoms with E-state index in [4.69, 9.17) is 23.7 Å². The zero-order valence-electron chi connectivity index (χ0n) is 20.0. The summed E-state index contributed by atoms with van der Waals surface area (Å²) < 4.78 is 45.5. The quantitative estimate of drug-likeness (QED) is 0.294. The third kappa shape index (κ3) is 5.77. The molecule has 0 aliphatic carbocycles. The van der Waals surface area contributed by atoms with Gasteiger partial charge in [0.2, 0.25) is 5.91 Å². The van der Waals surface area contributed by atoms with Gasteiger partial charge in [-0.25, -0.2) is 8.98 Å². The highest BCUT2D eigenvalue weighted by Crippen LogP contribution is 2.32. The lowest BCUT2D eigenvalue weighted by Crippen LogP contribution is -2.48. The Morgan fingerprint density at radius 3 is 2.22 bits per heavy atom. The Morgan fingerprint density at radius 2 is 1.67 bits per heavy atom. The summed E-state index contributed by atoms with van der Waals surface area (Å²) in [5.74, 6) is -2.78. The van der Waals surface area contributed by atoms with Crippen LogP contribution < -0.4 is 5.73 Å². The summed E-state index contributed by atoms with van der Waals surface area (Å²) in [6.45, 7) is 1.94. The van der Waals surface area contributed by atoms with E-state index >= 15 is 0 Å². The molecule has 2 fully saturated rings. The third-order valence-corrected chi connectivity index (χ3v) is 6.70. The van der Waals surface area contributed by atoms with Crippen LogP contribution in [0.3, 0.4) is 0 Å². The van der Waals surface area contributed by atoms with Crippen molar-refractivity contribution in [1.82, 2.24) is 9.96 Å². The van der Waals surface area contributed by atoms with E-state index in [0.717, 1.165) is 4.90 Å². The van der Waals surface area contributed by atoms with Crippen molar-refractivity contribution in [3.63, 3.8) is 0 Å². The number of ether oxygens (including phenoxy) is 2. The lowest BCUT2D eigenvalue weighted by atomic mass is 9.82. The minimum atomic E-state index is -4.95. The van der Waals surface area contributed by atoms with Gasteiger partial charge < -0.3 is 20.1 Å². The first-order valence-electron chi connectivity index (χ1n) is 11.4. The molecule has 2 saturated heterocycles. The summed E-state index contributed by atoms with van der Waals surface area (Å²) >= 11 is 0. The Balaban J connectivity index is 1.83. The number of esters is 2. The van der Waals surface area contributed by atoms with Crippen molar-refractivity contribution in [2.75, 3.05) is 26.4 Å². The molecule has 0 aromatic heterocycles. The minimum absolute atomic E-state index is 0.0472. The van der Waals surface area contributed by atoms with Gasteiger partial charge in [-0.3, -0.25) is 14.4 Å². The number of hydrogen-bond acceptors (Lipinski definition) is 10. The largest absolute Gasteiger partial charge is 0.465 e. The average Bonchev–Trinajstić information content (AvgIpc) is 3.06. The van der Waals surface area contributed by atoms with E-state index in [-0.39, 0.29) is 39.0 Å². The molecule has 36 heavy (non-hydrogen) atoms. The second-order valence-electron chi connectivity index (χ2n) is 8.34. The van der Waals surface area contributed by atoms with Crippen molar-refractivity contribution in [3.8, 4) is 0 Å². The SMILES string of the molecule is CCOC(=O)C(COS(=O)(=O)ON1C(=O)N2C[C@H]1CC[C@H]2C(N)=O)(Cc1ccccc1)C(=O)OCC. The van der Waals surface area contributed by atoms with Gasteiger partial charge in [0.1, 0.15) is 6.04 Å². The highest BCUT2D eigenvalue weighted by molar-refractivity contribution is 7.81. The Labute approximate surface area is 208 Å². The summed E-state index contributed by atoms with van der Waals surface area (Å²) in [5.41, 5.74) is 3.68. The molecule has 14 heteroatoms. The van der Waals surface area contributed by atoms with Crippen LogP contribution in [-0.2, 0) is 49.1 Å². The second kappa shape index (κ2) is 11.2. The van der Waals surface area contributed by atoms with E-state index in [1.54, 1.807) is 30.3 Å². The van der Waals surface area contributed by atoms with Crippen LogP contribution in [0.15, 0.2) is 30.3 Å². The topological polar surface area (TPSA) is 172 Å². The van der Waals surface area contributed by atoms with Gasteiger partial charge in [-0.15, -0.1) is 4.28 Å². The monoisotopic (exact) mass is 527 g/mol.